The maximum atomic E-state index is 11.5. The Morgan fingerprint density at radius 3 is 2.79 bits per heavy atom. The van der Waals surface area contributed by atoms with Gasteiger partial charge < -0.3 is 10.4 Å². The van der Waals surface area contributed by atoms with Crippen molar-refractivity contribution in [3.05, 3.63) is 39.9 Å². The maximum Gasteiger partial charge on any atom is 0.243 e. The molecule has 0 fully saturated rings. The molecule has 0 aliphatic carbocycles. The second-order valence-electron chi connectivity index (χ2n) is 4.05. The number of amides is 1. The van der Waals surface area contributed by atoms with Crippen LogP contribution in [-0.4, -0.2) is 24.2 Å². The van der Waals surface area contributed by atoms with Crippen LogP contribution in [0.4, 0.5) is 0 Å². The summed E-state index contributed by atoms with van der Waals surface area (Å²) in [6, 6.07) is 5.27. The number of rotatable bonds is 7. The summed E-state index contributed by atoms with van der Waals surface area (Å²) in [7, 11) is 0. The number of nitrogens with one attached hydrogen (secondary N) is 1. The number of aliphatic hydroxyl groups excluding tert-OH is 1. The molecular weight excluding hydrogens is 285 g/mol. The van der Waals surface area contributed by atoms with Crippen LogP contribution in [0.2, 0.25) is 10.0 Å². The van der Waals surface area contributed by atoms with Gasteiger partial charge in [0.15, 0.2) is 0 Å². The van der Waals surface area contributed by atoms with Gasteiger partial charge >= 0.3 is 0 Å². The molecule has 0 saturated carbocycles. The highest BCUT2D eigenvalue weighted by Crippen LogP contribution is 2.26. The van der Waals surface area contributed by atoms with Gasteiger partial charge in [0.25, 0.3) is 0 Å². The fourth-order valence-corrected chi connectivity index (χ4v) is 1.87. The third-order valence-electron chi connectivity index (χ3n) is 2.53. The quantitative estimate of drug-likeness (QED) is 0.600. The molecule has 1 amide bonds. The lowest BCUT2D eigenvalue weighted by molar-refractivity contribution is -0.116. The zero-order chi connectivity index (χ0) is 14.1. The largest absolute Gasteiger partial charge is 0.396 e. The van der Waals surface area contributed by atoms with E-state index in [-0.39, 0.29) is 12.5 Å². The lowest BCUT2D eigenvalue weighted by Crippen LogP contribution is -2.22. The van der Waals surface area contributed by atoms with Gasteiger partial charge in [0.1, 0.15) is 0 Å². The minimum Gasteiger partial charge on any atom is -0.396 e. The van der Waals surface area contributed by atoms with Gasteiger partial charge in [-0.25, -0.2) is 0 Å². The molecule has 3 nitrogen and oxygen atoms in total. The van der Waals surface area contributed by atoms with E-state index in [1.807, 2.05) is 0 Å². The second kappa shape index (κ2) is 8.97. The Bertz CT molecular complexity index is 447. The van der Waals surface area contributed by atoms with Crippen LogP contribution in [0.1, 0.15) is 24.8 Å². The first-order valence-electron chi connectivity index (χ1n) is 6.16. The number of hydrogen-bond acceptors (Lipinski definition) is 2. The summed E-state index contributed by atoms with van der Waals surface area (Å²) >= 11 is 11.9. The molecule has 0 aliphatic rings. The predicted molar refractivity (Wildman–Crippen MR) is 79.4 cm³/mol. The Morgan fingerprint density at radius 1 is 1.26 bits per heavy atom. The summed E-state index contributed by atoms with van der Waals surface area (Å²) in [6.07, 6.45) is 5.60. The van der Waals surface area contributed by atoms with Gasteiger partial charge in [-0.3, -0.25) is 4.79 Å². The smallest absolute Gasteiger partial charge is 0.243 e. The van der Waals surface area contributed by atoms with Crippen LogP contribution >= 0.6 is 23.2 Å². The summed E-state index contributed by atoms with van der Waals surface area (Å²) in [4.78, 5) is 11.5. The van der Waals surface area contributed by atoms with Gasteiger partial charge in [0.2, 0.25) is 5.91 Å². The van der Waals surface area contributed by atoms with Crippen molar-refractivity contribution in [1.82, 2.24) is 5.32 Å². The van der Waals surface area contributed by atoms with E-state index >= 15 is 0 Å². The van der Waals surface area contributed by atoms with Crippen LogP contribution in [0, 0.1) is 0 Å². The molecule has 0 unspecified atom stereocenters. The number of aliphatic hydroxyl groups is 1. The van der Waals surface area contributed by atoms with Gasteiger partial charge in [-0.1, -0.05) is 35.3 Å². The molecule has 0 atom stereocenters. The summed E-state index contributed by atoms with van der Waals surface area (Å²) in [5.41, 5.74) is 0.713. The number of halogens is 2. The zero-order valence-electron chi connectivity index (χ0n) is 10.5. The van der Waals surface area contributed by atoms with Crippen molar-refractivity contribution in [1.29, 1.82) is 0 Å². The number of carbonyl (C=O) groups is 1. The van der Waals surface area contributed by atoms with Gasteiger partial charge in [-0.05, 0) is 37.0 Å². The number of unbranched alkanes of at least 4 members (excludes halogenated alkanes) is 2. The molecule has 1 aromatic rings. The number of benzene rings is 1. The lowest BCUT2D eigenvalue weighted by Gasteiger charge is -2.02. The standard InChI is InChI=1S/C14H17Cl2NO2/c15-12-6-4-5-11(14(12)16)7-8-13(19)17-9-2-1-3-10-18/h4-8,18H,1-3,9-10H2,(H,17,19)/b8-7+. The summed E-state index contributed by atoms with van der Waals surface area (Å²) in [5.74, 6) is -0.167. The van der Waals surface area contributed by atoms with E-state index in [0.717, 1.165) is 19.3 Å². The highest BCUT2D eigenvalue weighted by atomic mass is 35.5. The molecule has 0 bridgehead atoms. The molecule has 2 N–H and O–H groups in total. The zero-order valence-corrected chi connectivity index (χ0v) is 12.0. The summed E-state index contributed by atoms with van der Waals surface area (Å²) in [6.45, 7) is 0.799. The van der Waals surface area contributed by atoms with Gasteiger partial charge in [-0.15, -0.1) is 0 Å². The van der Waals surface area contributed by atoms with E-state index in [2.05, 4.69) is 5.32 Å². The van der Waals surface area contributed by atoms with E-state index < -0.39 is 0 Å². The van der Waals surface area contributed by atoms with Crippen LogP contribution in [0.3, 0.4) is 0 Å². The number of carbonyl (C=O) groups excluding carboxylic acids is 1. The molecule has 1 rings (SSSR count). The maximum absolute atomic E-state index is 11.5. The van der Waals surface area contributed by atoms with Crippen molar-refractivity contribution in [2.45, 2.75) is 19.3 Å². The van der Waals surface area contributed by atoms with E-state index in [1.165, 1.54) is 6.08 Å². The Morgan fingerprint density at radius 2 is 2.05 bits per heavy atom. The molecule has 104 valence electrons. The lowest BCUT2D eigenvalue weighted by atomic mass is 10.2. The van der Waals surface area contributed by atoms with Gasteiger partial charge in [0, 0.05) is 19.2 Å². The van der Waals surface area contributed by atoms with E-state index in [4.69, 9.17) is 28.3 Å². The van der Waals surface area contributed by atoms with Crippen LogP contribution < -0.4 is 5.32 Å². The number of hydrogen-bond donors (Lipinski definition) is 2. The van der Waals surface area contributed by atoms with Crippen LogP contribution in [-0.2, 0) is 4.79 Å². The Kier molecular flexibility index (Phi) is 7.56. The predicted octanol–water partition coefficient (Wildman–Crippen LogP) is 3.29. The molecule has 5 heteroatoms. The first-order chi connectivity index (χ1) is 9.15. The molecule has 0 aromatic heterocycles. The molecule has 0 spiro atoms. The topological polar surface area (TPSA) is 49.3 Å². The second-order valence-corrected chi connectivity index (χ2v) is 4.84. The average Bonchev–Trinajstić information content (AvgIpc) is 2.40. The van der Waals surface area contributed by atoms with Gasteiger partial charge in [-0.2, -0.15) is 0 Å². The molecular formula is C14H17Cl2NO2. The molecule has 0 saturated heterocycles. The molecule has 19 heavy (non-hydrogen) atoms. The van der Waals surface area contributed by atoms with Crippen LogP contribution in [0.25, 0.3) is 6.08 Å². The van der Waals surface area contributed by atoms with Gasteiger partial charge in [0.05, 0.1) is 10.0 Å². The van der Waals surface area contributed by atoms with Crippen molar-refractivity contribution in [2.75, 3.05) is 13.2 Å². The van der Waals surface area contributed by atoms with Crippen molar-refractivity contribution in [3.8, 4) is 0 Å². The molecule has 1 aromatic carbocycles. The Balaban J connectivity index is 2.39. The Labute approximate surface area is 123 Å². The van der Waals surface area contributed by atoms with E-state index in [0.29, 0.717) is 22.2 Å². The monoisotopic (exact) mass is 301 g/mol. The first kappa shape index (κ1) is 16.0. The molecule has 0 radical (unpaired) electrons. The fourth-order valence-electron chi connectivity index (χ4n) is 1.50. The van der Waals surface area contributed by atoms with Crippen molar-refractivity contribution in [2.24, 2.45) is 0 Å². The molecule has 0 aliphatic heterocycles. The fraction of sp³-hybridized carbons (Fsp3) is 0.357. The third-order valence-corrected chi connectivity index (χ3v) is 3.36. The van der Waals surface area contributed by atoms with Crippen molar-refractivity contribution in [3.63, 3.8) is 0 Å². The summed E-state index contributed by atoms with van der Waals surface area (Å²) < 4.78 is 0. The van der Waals surface area contributed by atoms with E-state index in [9.17, 15) is 4.79 Å². The first-order valence-corrected chi connectivity index (χ1v) is 6.91. The highest BCUT2D eigenvalue weighted by molar-refractivity contribution is 6.42. The highest BCUT2D eigenvalue weighted by Gasteiger charge is 2.01. The third kappa shape index (κ3) is 6.10. The van der Waals surface area contributed by atoms with Crippen molar-refractivity contribution >= 4 is 35.2 Å². The minimum atomic E-state index is -0.167. The average molecular weight is 302 g/mol. The van der Waals surface area contributed by atoms with E-state index in [1.54, 1.807) is 24.3 Å². The normalized spacial score (nSPS) is 10.9. The summed E-state index contributed by atoms with van der Waals surface area (Å²) in [5, 5.41) is 12.3. The Hall–Kier alpha value is -1.03. The van der Waals surface area contributed by atoms with Crippen LogP contribution in [0.15, 0.2) is 24.3 Å². The van der Waals surface area contributed by atoms with Crippen molar-refractivity contribution < 1.29 is 9.90 Å². The minimum absolute atomic E-state index is 0.167. The molecule has 0 heterocycles. The van der Waals surface area contributed by atoms with Crippen LogP contribution in [0.5, 0.6) is 0 Å². The SMILES string of the molecule is O=C(/C=C/c1cccc(Cl)c1Cl)NCCCCCO.